The monoisotopic (exact) mass is 384 g/mol. The molecule has 1 heterocycles. The number of benzene rings is 2. The molecule has 1 N–H and O–H groups in total. The molecule has 0 aliphatic carbocycles. The molecule has 3 rings (SSSR count). The summed E-state index contributed by atoms with van der Waals surface area (Å²) in [4.78, 5) is 38.3. The first-order valence-electron chi connectivity index (χ1n) is 8.47. The zero-order valence-corrected chi connectivity index (χ0v) is 15.9. The van der Waals surface area contributed by atoms with Gasteiger partial charge in [-0.3, -0.25) is 14.4 Å². The summed E-state index contributed by atoms with van der Waals surface area (Å²) in [6, 6.07) is 14.3. The molecule has 0 spiro atoms. The van der Waals surface area contributed by atoms with Crippen molar-refractivity contribution >= 4 is 40.9 Å². The van der Waals surface area contributed by atoms with Gasteiger partial charge in [0.1, 0.15) is 5.75 Å². The number of rotatable bonds is 6. The number of hydrogen-bond donors (Lipinski definition) is 1. The Morgan fingerprint density at radius 1 is 1.19 bits per heavy atom. The van der Waals surface area contributed by atoms with Crippen LogP contribution in [0, 0.1) is 6.92 Å². The lowest BCUT2D eigenvalue weighted by Gasteiger charge is -2.17. The molecule has 1 aliphatic rings. The second kappa shape index (κ2) is 8.26. The van der Waals surface area contributed by atoms with E-state index in [2.05, 4.69) is 5.32 Å². The van der Waals surface area contributed by atoms with Crippen molar-refractivity contribution in [2.75, 3.05) is 23.1 Å². The van der Waals surface area contributed by atoms with Crippen LogP contribution >= 0.6 is 11.8 Å². The van der Waals surface area contributed by atoms with Gasteiger partial charge in [0.05, 0.1) is 23.8 Å². The minimum absolute atomic E-state index is 0.0946. The maximum atomic E-state index is 12.6. The first kappa shape index (κ1) is 19.0. The van der Waals surface area contributed by atoms with Crippen LogP contribution in [0.25, 0.3) is 0 Å². The van der Waals surface area contributed by atoms with E-state index >= 15 is 0 Å². The molecular formula is C20H20N2O4S. The highest BCUT2D eigenvalue weighted by molar-refractivity contribution is 8.01. The number of carbonyl (C=O) groups is 3. The Kier molecular flexibility index (Phi) is 5.81. The average molecular weight is 384 g/mol. The topological polar surface area (TPSA) is 75.7 Å². The fraction of sp³-hybridized carbons (Fsp3) is 0.250. The van der Waals surface area contributed by atoms with E-state index in [1.54, 1.807) is 43.5 Å². The average Bonchev–Trinajstić information content (AvgIpc) is 2.95. The summed E-state index contributed by atoms with van der Waals surface area (Å²) in [5, 5.41) is 2.23. The third kappa shape index (κ3) is 4.31. The van der Waals surface area contributed by atoms with Crippen LogP contribution in [0.5, 0.6) is 5.75 Å². The summed E-state index contributed by atoms with van der Waals surface area (Å²) in [5.74, 6) is 0.0736. The maximum Gasteiger partial charge on any atom is 0.247 e. The molecule has 2 aromatic carbocycles. The van der Waals surface area contributed by atoms with Crippen LogP contribution in [0.2, 0.25) is 0 Å². The predicted octanol–water partition coefficient (Wildman–Crippen LogP) is 3.01. The van der Waals surface area contributed by atoms with Crippen molar-refractivity contribution in [3.8, 4) is 5.75 Å². The zero-order chi connectivity index (χ0) is 19.4. The van der Waals surface area contributed by atoms with Gasteiger partial charge >= 0.3 is 0 Å². The van der Waals surface area contributed by atoms with E-state index in [4.69, 9.17) is 4.74 Å². The van der Waals surface area contributed by atoms with Gasteiger partial charge in [-0.25, -0.2) is 4.90 Å². The van der Waals surface area contributed by atoms with E-state index < -0.39 is 5.25 Å². The normalized spacial score (nSPS) is 16.5. The summed E-state index contributed by atoms with van der Waals surface area (Å²) in [6.45, 7) is 1.86. The third-order valence-electron chi connectivity index (χ3n) is 4.25. The van der Waals surface area contributed by atoms with Crippen LogP contribution in [-0.4, -0.2) is 35.8 Å². The summed E-state index contributed by atoms with van der Waals surface area (Å²) >= 11 is 1.19. The number of carbonyl (C=O) groups excluding carboxylic acids is 3. The van der Waals surface area contributed by atoms with Gasteiger partial charge in [-0.2, -0.15) is 0 Å². The quantitative estimate of drug-likeness (QED) is 0.775. The Morgan fingerprint density at radius 2 is 1.89 bits per heavy atom. The third-order valence-corrected chi connectivity index (χ3v) is 5.45. The van der Waals surface area contributed by atoms with E-state index in [9.17, 15) is 14.4 Å². The zero-order valence-electron chi connectivity index (χ0n) is 15.1. The van der Waals surface area contributed by atoms with Crippen LogP contribution in [0.1, 0.15) is 12.0 Å². The van der Waals surface area contributed by atoms with Gasteiger partial charge in [-0.1, -0.05) is 18.2 Å². The Morgan fingerprint density at radius 3 is 2.56 bits per heavy atom. The molecule has 1 unspecified atom stereocenters. The van der Waals surface area contributed by atoms with Crippen molar-refractivity contribution in [1.29, 1.82) is 0 Å². The number of nitrogens with zero attached hydrogens (tertiary/aromatic N) is 1. The van der Waals surface area contributed by atoms with E-state index in [0.29, 0.717) is 17.1 Å². The lowest BCUT2D eigenvalue weighted by molar-refractivity contribution is -0.121. The lowest BCUT2D eigenvalue weighted by Crippen LogP contribution is -2.32. The molecule has 1 saturated heterocycles. The van der Waals surface area contributed by atoms with Gasteiger partial charge in [-0.15, -0.1) is 11.8 Å². The number of para-hydroxylation sites is 1. The number of methoxy groups -OCH3 is 1. The second-order valence-corrected chi connectivity index (χ2v) is 7.33. The van der Waals surface area contributed by atoms with E-state index in [-0.39, 0.29) is 29.9 Å². The van der Waals surface area contributed by atoms with Crippen molar-refractivity contribution in [2.24, 2.45) is 0 Å². The molecule has 6 nitrogen and oxygen atoms in total. The first-order valence-corrected chi connectivity index (χ1v) is 9.52. The highest BCUT2D eigenvalue weighted by Gasteiger charge is 2.40. The Labute approximate surface area is 161 Å². The molecular weight excluding hydrogens is 364 g/mol. The van der Waals surface area contributed by atoms with Crippen LogP contribution < -0.4 is 15.0 Å². The molecule has 2 aromatic rings. The Hall–Kier alpha value is -2.80. The van der Waals surface area contributed by atoms with Crippen molar-refractivity contribution in [2.45, 2.75) is 18.6 Å². The number of nitrogens with one attached hydrogen (secondary N) is 1. The lowest BCUT2D eigenvalue weighted by atomic mass is 10.2. The highest BCUT2D eigenvalue weighted by atomic mass is 32.2. The van der Waals surface area contributed by atoms with Gasteiger partial charge in [0.15, 0.2) is 0 Å². The fourth-order valence-corrected chi connectivity index (χ4v) is 3.78. The Bertz CT molecular complexity index is 867. The van der Waals surface area contributed by atoms with Crippen LogP contribution in [0.15, 0.2) is 48.5 Å². The van der Waals surface area contributed by atoms with Gasteiger partial charge in [-0.05, 0) is 42.8 Å². The van der Waals surface area contributed by atoms with Crippen molar-refractivity contribution in [3.63, 3.8) is 0 Å². The number of aryl methyl sites for hydroxylation is 1. The number of thioether (sulfide) groups is 1. The standard InChI is InChI=1S/C20H20N2O4S/c1-13-5-3-4-6-16(13)22-19(24)11-17(20(22)25)27-12-18(23)21-14-7-9-15(26-2)10-8-14/h3-10,17H,11-12H2,1-2H3,(H,21,23). The van der Waals surface area contributed by atoms with E-state index in [0.717, 1.165) is 5.56 Å². The number of ether oxygens (including phenoxy) is 1. The molecule has 0 bridgehead atoms. The smallest absolute Gasteiger partial charge is 0.247 e. The number of imide groups is 1. The van der Waals surface area contributed by atoms with Crippen molar-refractivity contribution in [1.82, 2.24) is 0 Å². The SMILES string of the molecule is COc1ccc(NC(=O)CSC2CC(=O)N(c3ccccc3C)C2=O)cc1. The number of anilines is 2. The molecule has 0 saturated carbocycles. The van der Waals surface area contributed by atoms with E-state index in [1.807, 2.05) is 19.1 Å². The van der Waals surface area contributed by atoms with Gasteiger partial charge in [0.2, 0.25) is 17.7 Å². The van der Waals surface area contributed by atoms with Crippen molar-refractivity contribution in [3.05, 3.63) is 54.1 Å². The predicted molar refractivity (Wildman–Crippen MR) is 106 cm³/mol. The summed E-state index contributed by atoms with van der Waals surface area (Å²) < 4.78 is 5.08. The fourth-order valence-electron chi connectivity index (χ4n) is 2.85. The number of amides is 3. The molecule has 0 aromatic heterocycles. The minimum atomic E-state index is -0.543. The number of hydrogen-bond acceptors (Lipinski definition) is 5. The maximum absolute atomic E-state index is 12.6. The minimum Gasteiger partial charge on any atom is -0.497 e. The van der Waals surface area contributed by atoms with Gasteiger partial charge in [0, 0.05) is 12.1 Å². The molecule has 1 atom stereocenters. The molecule has 3 amide bonds. The largest absolute Gasteiger partial charge is 0.497 e. The molecule has 27 heavy (non-hydrogen) atoms. The molecule has 1 aliphatic heterocycles. The molecule has 7 heteroatoms. The van der Waals surface area contributed by atoms with Crippen molar-refractivity contribution < 1.29 is 19.1 Å². The summed E-state index contributed by atoms with van der Waals surface area (Å²) in [6.07, 6.45) is 0.105. The van der Waals surface area contributed by atoms with Crippen LogP contribution in [-0.2, 0) is 14.4 Å². The second-order valence-electron chi connectivity index (χ2n) is 6.13. The first-order chi connectivity index (χ1) is 13.0. The molecule has 0 radical (unpaired) electrons. The molecule has 1 fully saturated rings. The highest BCUT2D eigenvalue weighted by Crippen LogP contribution is 2.31. The molecule has 140 valence electrons. The van der Waals surface area contributed by atoms with Crippen LogP contribution in [0.4, 0.5) is 11.4 Å². The van der Waals surface area contributed by atoms with Gasteiger partial charge in [0.25, 0.3) is 0 Å². The van der Waals surface area contributed by atoms with E-state index in [1.165, 1.54) is 16.7 Å². The van der Waals surface area contributed by atoms with Gasteiger partial charge < -0.3 is 10.1 Å². The summed E-state index contributed by atoms with van der Waals surface area (Å²) in [7, 11) is 1.57. The Balaban J connectivity index is 1.58. The van der Waals surface area contributed by atoms with Crippen LogP contribution in [0.3, 0.4) is 0 Å². The summed E-state index contributed by atoms with van der Waals surface area (Å²) in [5.41, 5.74) is 2.12.